The van der Waals surface area contributed by atoms with Crippen LogP contribution in [0.3, 0.4) is 0 Å². The maximum atomic E-state index is 14.7. The summed E-state index contributed by atoms with van der Waals surface area (Å²) in [5.74, 6) is -1.63. The molecule has 10 nitrogen and oxygen atoms in total. The van der Waals surface area contributed by atoms with E-state index in [1.54, 1.807) is 35.2 Å². The molecular weight excluding hydrogens is 604 g/mol. The van der Waals surface area contributed by atoms with Crippen molar-refractivity contribution in [3.8, 4) is 45.4 Å². The lowest BCUT2D eigenvalue weighted by molar-refractivity contribution is -0.139. The van der Waals surface area contributed by atoms with Gasteiger partial charge >= 0.3 is 5.97 Å². The number of hydrogen-bond acceptors (Lipinski definition) is 10. The zero-order valence-corrected chi connectivity index (χ0v) is 24.7. The fourth-order valence-electron chi connectivity index (χ4n) is 5.24. The molecule has 2 heterocycles. The number of rotatable bonds is 3. The quantitative estimate of drug-likeness (QED) is 0.205. The third-order valence-corrected chi connectivity index (χ3v) is 7.42. The minimum Gasteiger partial charge on any atom is -0.505 e. The number of halogens is 2. The van der Waals surface area contributed by atoms with Crippen LogP contribution in [0, 0.1) is 11.6 Å². The SMILES string of the molecule is COC(=O)CN1CCOCCOc2ccccc2OCCOc2cc(-c3c4cc(F)c(=O)cc-4oc4cc(O)c(F)cc34)ccc21. The number of hydrogen-bond donors (Lipinski definition) is 1. The second-order valence-corrected chi connectivity index (χ2v) is 10.3. The Morgan fingerprint density at radius 3 is 2.33 bits per heavy atom. The molecule has 0 fully saturated rings. The highest BCUT2D eigenvalue weighted by molar-refractivity contribution is 6.02. The van der Waals surface area contributed by atoms with E-state index < -0.39 is 28.8 Å². The Hall–Kier alpha value is -5.36. The average molecular weight is 634 g/mol. The van der Waals surface area contributed by atoms with Gasteiger partial charge in [-0.3, -0.25) is 9.59 Å². The fourth-order valence-corrected chi connectivity index (χ4v) is 5.24. The summed E-state index contributed by atoms with van der Waals surface area (Å²) < 4.78 is 63.8. The van der Waals surface area contributed by atoms with E-state index in [4.69, 9.17) is 28.1 Å². The molecule has 0 saturated carbocycles. The van der Waals surface area contributed by atoms with Crippen LogP contribution in [0.15, 0.2) is 75.9 Å². The van der Waals surface area contributed by atoms with Gasteiger partial charge in [0.15, 0.2) is 28.9 Å². The molecule has 0 amide bonds. The molecule has 0 unspecified atom stereocenters. The van der Waals surface area contributed by atoms with E-state index in [0.29, 0.717) is 34.1 Å². The number of phenols is 1. The van der Waals surface area contributed by atoms with Gasteiger partial charge in [0.25, 0.3) is 0 Å². The molecule has 6 rings (SSSR count). The Balaban J connectivity index is 1.48. The minimum atomic E-state index is -1.02. The van der Waals surface area contributed by atoms with Gasteiger partial charge in [-0.25, -0.2) is 8.78 Å². The van der Waals surface area contributed by atoms with E-state index in [0.717, 1.165) is 24.3 Å². The molecule has 1 N–H and O–H groups in total. The zero-order chi connectivity index (χ0) is 32.2. The molecule has 0 aromatic heterocycles. The predicted octanol–water partition coefficient (Wildman–Crippen LogP) is 5.39. The van der Waals surface area contributed by atoms with Gasteiger partial charge in [0.2, 0.25) is 5.43 Å². The van der Waals surface area contributed by atoms with E-state index in [2.05, 4.69) is 0 Å². The number of nitrogens with zero attached hydrogens (tertiary/aromatic N) is 1. The third kappa shape index (κ3) is 6.38. The molecule has 238 valence electrons. The monoisotopic (exact) mass is 633 g/mol. The number of para-hydroxylation sites is 2. The van der Waals surface area contributed by atoms with Crippen LogP contribution in [0.5, 0.6) is 23.0 Å². The van der Waals surface area contributed by atoms with Crippen molar-refractivity contribution in [2.45, 2.75) is 0 Å². The van der Waals surface area contributed by atoms with Crippen molar-refractivity contribution in [3.05, 3.63) is 88.6 Å². The number of benzene rings is 4. The Kier molecular flexibility index (Phi) is 8.88. The molecule has 0 spiro atoms. The average Bonchev–Trinajstić information content (AvgIpc) is 3.05. The number of carbonyl (C=O) groups excluding carboxylic acids is 1. The summed E-state index contributed by atoms with van der Waals surface area (Å²) in [7, 11) is 1.29. The molecule has 0 atom stereocenters. The summed E-state index contributed by atoms with van der Waals surface area (Å²) in [6, 6.07) is 16.5. The fraction of sp³-hybridized carbons (Fsp3) is 0.235. The van der Waals surface area contributed by atoms with Gasteiger partial charge in [0, 0.05) is 35.2 Å². The van der Waals surface area contributed by atoms with Gasteiger partial charge in [-0.15, -0.1) is 0 Å². The number of esters is 1. The van der Waals surface area contributed by atoms with Gasteiger partial charge in [0.1, 0.15) is 43.5 Å². The summed E-state index contributed by atoms with van der Waals surface area (Å²) in [5, 5.41) is 10.3. The van der Waals surface area contributed by atoms with Crippen molar-refractivity contribution in [1.29, 1.82) is 0 Å². The normalized spacial score (nSPS) is 14.2. The molecule has 2 aliphatic heterocycles. The van der Waals surface area contributed by atoms with Crippen molar-refractivity contribution in [2.75, 3.05) is 58.1 Å². The Bertz CT molecular complexity index is 1930. The molecular formula is C34H29F2NO9. The van der Waals surface area contributed by atoms with Crippen molar-refractivity contribution in [2.24, 2.45) is 0 Å². The van der Waals surface area contributed by atoms with Crippen LogP contribution < -0.4 is 24.5 Å². The summed E-state index contributed by atoms with van der Waals surface area (Å²) in [5.41, 5.74) is 0.704. The first-order valence-electron chi connectivity index (χ1n) is 14.4. The number of methoxy groups -OCH3 is 1. The van der Waals surface area contributed by atoms with Crippen molar-refractivity contribution >= 4 is 22.6 Å². The number of carbonyl (C=O) groups is 1. The van der Waals surface area contributed by atoms with Crippen LogP contribution in [-0.2, 0) is 14.3 Å². The van der Waals surface area contributed by atoms with Crippen molar-refractivity contribution in [1.82, 2.24) is 0 Å². The number of aromatic hydroxyl groups is 1. The standard InChI is InChI=1S/C34H29F2NO9/c1-41-33(40)19-37-8-9-42-10-11-43-28-4-2-3-5-29(28)44-12-13-45-32-14-20(6-7-25(32)37)34-21-15-23(35)26(38)17-30(21)46-31-18-27(39)24(36)16-22(31)34/h2-7,14-18,38H,8-13,19H2,1H3. The van der Waals surface area contributed by atoms with Crippen LogP contribution >= 0.6 is 0 Å². The highest BCUT2D eigenvalue weighted by atomic mass is 19.1. The van der Waals surface area contributed by atoms with Crippen LogP contribution in [0.1, 0.15) is 0 Å². The predicted molar refractivity (Wildman–Crippen MR) is 164 cm³/mol. The minimum absolute atomic E-state index is 0.0377. The van der Waals surface area contributed by atoms with E-state index in [-0.39, 0.29) is 68.4 Å². The van der Waals surface area contributed by atoms with E-state index in [9.17, 15) is 23.5 Å². The Morgan fingerprint density at radius 1 is 0.870 bits per heavy atom. The summed E-state index contributed by atoms with van der Waals surface area (Å²) >= 11 is 0. The number of anilines is 1. The summed E-state index contributed by atoms with van der Waals surface area (Å²) in [6.07, 6.45) is 0. The molecule has 0 saturated heterocycles. The smallest absolute Gasteiger partial charge is 0.325 e. The molecule has 3 aromatic rings. The number of fused-ring (bicyclic) bond motifs is 4. The van der Waals surface area contributed by atoms with Crippen LogP contribution in [-0.4, -0.2) is 64.3 Å². The van der Waals surface area contributed by atoms with Crippen LogP contribution in [0.25, 0.3) is 33.4 Å². The molecule has 0 radical (unpaired) electrons. The molecule has 0 bridgehead atoms. The molecule has 46 heavy (non-hydrogen) atoms. The Labute approximate surface area is 261 Å². The van der Waals surface area contributed by atoms with Crippen LogP contribution in [0.2, 0.25) is 0 Å². The third-order valence-electron chi connectivity index (χ3n) is 7.42. The molecule has 3 aromatic carbocycles. The summed E-state index contributed by atoms with van der Waals surface area (Å²) in [4.78, 5) is 26.3. The number of phenolic OH excluding ortho intramolecular Hbond substituents is 1. The lowest BCUT2D eigenvalue weighted by Crippen LogP contribution is -2.34. The second-order valence-electron chi connectivity index (χ2n) is 10.3. The van der Waals surface area contributed by atoms with Gasteiger partial charge in [0.05, 0.1) is 26.0 Å². The first-order chi connectivity index (χ1) is 22.3. The highest BCUT2D eigenvalue weighted by Gasteiger charge is 2.24. The first kappa shape index (κ1) is 30.7. The van der Waals surface area contributed by atoms with E-state index in [1.165, 1.54) is 7.11 Å². The maximum Gasteiger partial charge on any atom is 0.325 e. The summed E-state index contributed by atoms with van der Waals surface area (Å²) in [6.45, 7) is 1.20. The zero-order valence-electron chi connectivity index (χ0n) is 24.7. The maximum absolute atomic E-state index is 14.7. The molecule has 12 heteroatoms. The lowest BCUT2D eigenvalue weighted by atomic mass is 9.93. The lowest BCUT2D eigenvalue weighted by Gasteiger charge is -2.26. The number of ether oxygens (including phenoxy) is 5. The van der Waals surface area contributed by atoms with E-state index >= 15 is 0 Å². The Morgan fingerprint density at radius 2 is 1.59 bits per heavy atom. The first-order valence-corrected chi connectivity index (χ1v) is 14.4. The van der Waals surface area contributed by atoms with E-state index in [1.807, 2.05) is 12.1 Å². The van der Waals surface area contributed by atoms with Gasteiger partial charge < -0.3 is 38.1 Å². The highest BCUT2D eigenvalue weighted by Crippen LogP contribution is 2.44. The second kappa shape index (κ2) is 13.3. The van der Waals surface area contributed by atoms with Crippen LogP contribution in [0.4, 0.5) is 14.5 Å². The van der Waals surface area contributed by atoms with Crippen molar-refractivity contribution < 1.29 is 46.8 Å². The largest absolute Gasteiger partial charge is 0.505 e. The van der Waals surface area contributed by atoms with Gasteiger partial charge in [-0.1, -0.05) is 18.2 Å². The molecule has 1 aliphatic carbocycles. The van der Waals surface area contributed by atoms with Gasteiger partial charge in [-0.05, 0) is 42.0 Å². The van der Waals surface area contributed by atoms with Crippen molar-refractivity contribution in [3.63, 3.8) is 0 Å². The topological polar surface area (TPSA) is 117 Å². The molecule has 3 aliphatic rings. The van der Waals surface area contributed by atoms with Gasteiger partial charge in [-0.2, -0.15) is 0 Å².